The number of halogens is 1. The molecule has 0 bridgehead atoms. The van der Waals surface area contributed by atoms with Crippen molar-refractivity contribution in [2.24, 2.45) is 0 Å². The topological polar surface area (TPSA) is 70.6 Å². The van der Waals surface area contributed by atoms with Gasteiger partial charge in [0, 0.05) is 12.1 Å². The summed E-state index contributed by atoms with van der Waals surface area (Å²) in [7, 11) is 0. The van der Waals surface area contributed by atoms with E-state index in [4.69, 9.17) is 4.74 Å². The summed E-state index contributed by atoms with van der Waals surface area (Å²) in [5.41, 5.74) is 0. The first-order valence-corrected chi connectivity index (χ1v) is 7.24. The fraction of sp³-hybridized carbons (Fsp3) is 0.533. The third-order valence-corrected chi connectivity index (χ3v) is 3.48. The monoisotopic (exact) mass is 296 g/mol. The lowest BCUT2D eigenvalue weighted by Crippen LogP contribution is -2.45. The van der Waals surface area contributed by atoms with Gasteiger partial charge in [-0.3, -0.25) is 0 Å². The lowest BCUT2D eigenvalue weighted by Gasteiger charge is -2.26. The van der Waals surface area contributed by atoms with E-state index in [0.717, 1.165) is 25.7 Å². The SMILES string of the molecule is O=C(NCCOc1cccc(F)c1)NC1CCC(O)CC1. The Kier molecular flexibility index (Phi) is 5.80. The minimum absolute atomic E-state index is 0.123. The molecular formula is C15H21FN2O3. The third-order valence-electron chi connectivity index (χ3n) is 3.48. The van der Waals surface area contributed by atoms with Gasteiger partial charge in [0.2, 0.25) is 0 Å². The molecule has 1 aromatic rings. The van der Waals surface area contributed by atoms with Crippen molar-refractivity contribution in [2.45, 2.75) is 37.8 Å². The highest BCUT2D eigenvalue weighted by molar-refractivity contribution is 5.74. The number of carbonyl (C=O) groups excluding carboxylic acids is 1. The summed E-state index contributed by atoms with van der Waals surface area (Å²) in [4.78, 5) is 11.7. The fourth-order valence-electron chi connectivity index (χ4n) is 2.35. The largest absolute Gasteiger partial charge is 0.492 e. The van der Waals surface area contributed by atoms with Gasteiger partial charge in [-0.2, -0.15) is 0 Å². The number of hydrogen-bond donors (Lipinski definition) is 3. The number of aliphatic hydroxyl groups excluding tert-OH is 1. The van der Waals surface area contributed by atoms with E-state index >= 15 is 0 Å². The molecule has 1 aliphatic carbocycles. The van der Waals surface area contributed by atoms with Crippen LogP contribution in [0.25, 0.3) is 0 Å². The maximum absolute atomic E-state index is 12.9. The van der Waals surface area contributed by atoms with Gasteiger partial charge in [-0.1, -0.05) is 6.07 Å². The molecule has 1 aromatic carbocycles. The quantitative estimate of drug-likeness (QED) is 0.726. The number of benzene rings is 1. The van der Waals surface area contributed by atoms with Crippen molar-refractivity contribution in [3.8, 4) is 5.75 Å². The highest BCUT2D eigenvalue weighted by Gasteiger charge is 2.20. The average molecular weight is 296 g/mol. The van der Waals surface area contributed by atoms with Crippen LogP contribution in [-0.4, -0.2) is 36.4 Å². The molecule has 1 saturated carbocycles. The van der Waals surface area contributed by atoms with Crippen LogP contribution in [0, 0.1) is 5.82 Å². The van der Waals surface area contributed by atoms with Crippen molar-refractivity contribution >= 4 is 6.03 Å². The second kappa shape index (κ2) is 7.83. The summed E-state index contributed by atoms with van der Waals surface area (Å²) < 4.78 is 18.2. The van der Waals surface area contributed by atoms with Crippen molar-refractivity contribution in [3.05, 3.63) is 30.1 Å². The molecule has 0 unspecified atom stereocenters. The van der Waals surface area contributed by atoms with E-state index in [9.17, 15) is 14.3 Å². The first kappa shape index (κ1) is 15.6. The van der Waals surface area contributed by atoms with Crippen LogP contribution in [0.2, 0.25) is 0 Å². The molecule has 0 heterocycles. The lowest BCUT2D eigenvalue weighted by atomic mass is 9.93. The minimum atomic E-state index is -0.349. The van der Waals surface area contributed by atoms with Crippen LogP contribution < -0.4 is 15.4 Å². The number of aliphatic hydroxyl groups is 1. The second-order valence-corrected chi connectivity index (χ2v) is 5.21. The van der Waals surface area contributed by atoms with Gasteiger partial charge >= 0.3 is 6.03 Å². The minimum Gasteiger partial charge on any atom is -0.492 e. The molecule has 1 aliphatic rings. The van der Waals surface area contributed by atoms with Crippen LogP contribution in [0.4, 0.5) is 9.18 Å². The number of urea groups is 1. The molecule has 2 amide bonds. The van der Waals surface area contributed by atoms with Gasteiger partial charge in [0.15, 0.2) is 0 Å². The third kappa shape index (κ3) is 5.59. The molecule has 2 rings (SSSR count). The number of nitrogens with one attached hydrogen (secondary N) is 2. The van der Waals surface area contributed by atoms with Gasteiger partial charge in [-0.05, 0) is 37.8 Å². The smallest absolute Gasteiger partial charge is 0.315 e. The van der Waals surface area contributed by atoms with Crippen molar-refractivity contribution in [1.82, 2.24) is 10.6 Å². The number of ether oxygens (including phenoxy) is 1. The van der Waals surface area contributed by atoms with Gasteiger partial charge in [-0.25, -0.2) is 9.18 Å². The zero-order valence-electron chi connectivity index (χ0n) is 11.8. The van der Waals surface area contributed by atoms with E-state index in [2.05, 4.69) is 10.6 Å². The Morgan fingerprint density at radius 2 is 2.10 bits per heavy atom. The summed E-state index contributed by atoms with van der Waals surface area (Å²) in [5.74, 6) is 0.0937. The Labute approximate surface area is 123 Å². The van der Waals surface area contributed by atoms with Crippen LogP contribution in [0.3, 0.4) is 0 Å². The molecule has 0 saturated heterocycles. The van der Waals surface area contributed by atoms with Crippen molar-refractivity contribution in [1.29, 1.82) is 0 Å². The highest BCUT2D eigenvalue weighted by atomic mass is 19.1. The lowest BCUT2D eigenvalue weighted by molar-refractivity contribution is 0.117. The summed E-state index contributed by atoms with van der Waals surface area (Å²) in [6, 6.07) is 5.77. The molecular weight excluding hydrogens is 275 g/mol. The average Bonchev–Trinajstić information content (AvgIpc) is 2.46. The van der Waals surface area contributed by atoms with E-state index in [-0.39, 0.29) is 30.6 Å². The van der Waals surface area contributed by atoms with Crippen LogP contribution in [-0.2, 0) is 0 Å². The van der Waals surface area contributed by atoms with Gasteiger partial charge in [0.25, 0.3) is 0 Å². The maximum Gasteiger partial charge on any atom is 0.315 e. The molecule has 0 aromatic heterocycles. The summed E-state index contributed by atoms with van der Waals surface area (Å²) in [6.07, 6.45) is 2.83. The Morgan fingerprint density at radius 1 is 1.33 bits per heavy atom. The number of hydrogen-bond acceptors (Lipinski definition) is 3. The van der Waals surface area contributed by atoms with Crippen LogP contribution >= 0.6 is 0 Å². The Balaban J connectivity index is 1.59. The second-order valence-electron chi connectivity index (χ2n) is 5.21. The van der Waals surface area contributed by atoms with E-state index in [1.807, 2.05) is 0 Å². The molecule has 6 heteroatoms. The van der Waals surface area contributed by atoms with E-state index in [1.165, 1.54) is 12.1 Å². The molecule has 1 fully saturated rings. The molecule has 5 nitrogen and oxygen atoms in total. The zero-order chi connectivity index (χ0) is 15.1. The molecule has 21 heavy (non-hydrogen) atoms. The van der Waals surface area contributed by atoms with Crippen molar-refractivity contribution < 1.29 is 19.0 Å². The maximum atomic E-state index is 12.9. The number of rotatable bonds is 5. The molecule has 3 N–H and O–H groups in total. The first-order valence-electron chi connectivity index (χ1n) is 7.24. The standard InChI is InChI=1S/C15H21FN2O3/c16-11-2-1-3-14(10-11)21-9-8-17-15(20)18-12-4-6-13(19)7-5-12/h1-3,10,12-13,19H,4-9H2,(H2,17,18,20). The number of carbonyl (C=O) groups is 1. The van der Waals surface area contributed by atoms with E-state index in [0.29, 0.717) is 12.3 Å². The van der Waals surface area contributed by atoms with Gasteiger partial charge < -0.3 is 20.5 Å². The normalized spacial score (nSPS) is 21.6. The van der Waals surface area contributed by atoms with Gasteiger partial charge in [-0.15, -0.1) is 0 Å². The van der Waals surface area contributed by atoms with Gasteiger partial charge in [0.1, 0.15) is 18.2 Å². The summed E-state index contributed by atoms with van der Waals surface area (Å²) >= 11 is 0. The summed E-state index contributed by atoms with van der Waals surface area (Å²) in [5, 5.41) is 15.0. The molecule has 0 radical (unpaired) electrons. The summed E-state index contributed by atoms with van der Waals surface area (Å²) in [6.45, 7) is 0.623. The Hall–Kier alpha value is -1.82. The molecule has 0 spiro atoms. The number of amides is 2. The predicted octanol–water partition coefficient (Wildman–Crippen LogP) is 1.81. The van der Waals surface area contributed by atoms with Crippen molar-refractivity contribution in [3.63, 3.8) is 0 Å². The van der Waals surface area contributed by atoms with Crippen LogP contribution in [0.15, 0.2) is 24.3 Å². The highest BCUT2D eigenvalue weighted by Crippen LogP contribution is 2.18. The van der Waals surface area contributed by atoms with Gasteiger partial charge in [0.05, 0.1) is 12.6 Å². The predicted molar refractivity (Wildman–Crippen MR) is 76.7 cm³/mol. The molecule has 116 valence electrons. The van der Waals surface area contributed by atoms with Crippen LogP contribution in [0.1, 0.15) is 25.7 Å². The van der Waals surface area contributed by atoms with E-state index in [1.54, 1.807) is 12.1 Å². The molecule has 0 aliphatic heterocycles. The Bertz CT molecular complexity index is 462. The molecule has 0 atom stereocenters. The van der Waals surface area contributed by atoms with Crippen LogP contribution in [0.5, 0.6) is 5.75 Å². The first-order chi connectivity index (χ1) is 10.1. The fourth-order valence-corrected chi connectivity index (χ4v) is 2.35. The zero-order valence-corrected chi connectivity index (χ0v) is 11.8. The Morgan fingerprint density at radius 3 is 2.81 bits per heavy atom. The van der Waals surface area contributed by atoms with Crippen molar-refractivity contribution in [2.75, 3.05) is 13.2 Å². The van der Waals surface area contributed by atoms with E-state index < -0.39 is 0 Å².